The van der Waals surface area contributed by atoms with Gasteiger partial charge in [-0.05, 0) is 6.07 Å². The molecule has 15 heavy (non-hydrogen) atoms. The molecule has 0 saturated heterocycles. The smallest absolute Gasteiger partial charge is 0.399 e. The molecule has 1 aromatic rings. The van der Waals surface area contributed by atoms with Crippen LogP contribution in [0, 0.1) is 10.1 Å². The molecule has 0 atom stereocenters. The highest BCUT2D eigenvalue weighted by Gasteiger charge is 2.36. The first-order valence-electron chi connectivity index (χ1n) is 3.54. The van der Waals surface area contributed by atoms with Gasteiger partial charge in [-0.2, -0.15) is 13.2 Å². The van der Waals surface area contributed by atoms with Crippen LogP contribution >= 0.6 is 11.6 Å². The van der Waals surface area contributed by atoms with Gasteiger partial charge in [-0.15, -0.1) is 0 Å². The van der Waals surface area contributed by atoms with E-state index in [2.05, 4.69) is 0 Å². The normalized spacial score (nSPS) is 11.5. The zero-order valence-electron chi connectivity index (χ0n) is 7.01. The average Bonchev–Trinajstić information content (AvgIpc) is 2.06. The Balaban J connectivity index is 3.49. The van der Waals surface area contributed by atoms with Crippen molar-refractivity contribution in [2.24, 2.45) is 0 Å². The second kappa shape index (κ2) is 3.58. The molecule has 1 rings (SSSR count). The van der Waals surface area contributed by atoms with E-state index in [4.69, 9.17) is 17.3 Å². The highest BCUT2D eigenvalue weighted by Crippen LogP contribution is 2.40. The van der Waals surface area contributed by atoms with E-state index in [9.17, 15) is 23.3 Å². The third-order valence-electron chi connectivity index (χ3n) is 1.58. The summed E-state index contributed by atoms with van der Waals surface area (Å²) in [6, 6.07) is 1.33. The van der Waals surface area contributed by atoms with Crippen LogP contribution in [0.4, 0.5) is 24.5 Å². The van der Waals surface area contributed by atoms with Crippen LogP contribution in [-0.4, -0.2) is 4.92 Å². The van der Waals surface area contributed by atoms with Crippen molar-refractivity contribution in [2.45, 2.75) is 6.18 Å². The Morgan fingerprint density at radius 1 is 1.40 bits per heavy atom. The van der Waals surface area contributed by atoms with E-state index >= 15 is 0 Å². The number of nitrogen functional groups attached to an aromatic ring is 1. The third kappa shape index (κ3) is 2.30. The van der Waals surface area contributed by atoms with Crippen molar-refractivity contribution in [3.63, 3.8) is 0 Å². The van der Waals surface area contributed by atoms with Gasteiger partial charge in [0.2, 0.25) is 0 Å². The number of benzene rings is 1. The summed E-state index contributed by atoms with van der Waals surface area (Å²) in [6.45, 7) is 0. The maximum Gasteiger partial charge on any atom is 0.418 e. The molecule has 0 bridgehead atoms. The average molecular weight is 241 g/mol. The zero-order chi connectivity index (χ0) is 11.8. The van der Waals surface area contributed by atoms with Gasteiger partial charge >= 0.3 is 6.18 Å². The fourth-order valence-electron chi connectivity index (χ4n) is 0.970. The lowest BCUT2D eigenvalue weighted by Gasteiger charge is -2.09. The molecule has 0 aliphatic carbocycles. The Hall–Kier alpha value is -1.50. The molecule has 0 fully saturated rings. The van der Waals surface area contributed by atoms with Crippen LogP contribution in [0.15, 0.2) is 12.1 Å². The summed E-state index contributed by atoms with van der Waals surface area (Å²) >= 11 is 5.24. The number of halogens is 4. The van der Waals surface area contributed by atoms with Crippen LogP contribution in [0.5, 0.6) is 0 Å². The minimum Gasteiger partial charge on any atom is -0.399 e. The molecule has 0 aliphatic rings. The largest absolute Gasteiger partial charge is 0.418 e. The summed E-state index contributed by atoms with van der Waals surface area (Å²) in [4.78, 5) is 9.33. The van der Waals surface area contributed by atoms with E-state index in [0.29, 0.717) is 6.07 Å². The minimum absolute atomic E-state index is 0.363. The molecule has 0 amide bonds. The van der Waals surface area contributed by atoms with Crippen molar-refractivity contribution in [2.75, 3.05) is 5.73 Å². The van der Waals surface area contributed by atoms with Gasteiger partial charge < -0.3 is 5.73 Å². The summed E-state index contributed by atoms with van der Waals surface area (Å²) < 4.78 is 36.9. The Bertz CT molecular complexity index is 419. The molecule has 8 heteroatoms. The maximum absolute atomic E-state index is 12.3. The lowest BCUT2D eigenvalue weighted by molar-refractivity contribution is -0.384. The van der Waals surface area contributed by atoms with Gasteiger partial charge in [-0.1, -0.05) is 11.6 Å². The first-order valence-corrected chi connectivity index (χ1v) is 3.92. The lowest BCUT2D eigenvalue weighted by Crippen LogP contribution is -2.08. The van der Waals surface area contributed by atoms with Crippen LogP contribution in [-0.2, 0) is 6.18 Å². The van der Waals surface area contributed by atoms with E-state index in [1.54, 1.807) is 0 Å². The maximum atomic E-state index is 12.3. The minimum atomic E-state index is -4.77. The van der Waals surface area contributed by atoms with Crippen LogP contribution in [0.3, 0.4) is 0 Å². The van der Waals surface area contributed by atoms with Crippen molar-refractivity contribution in [1.29, 1.82) is 0 Å². The molecule has 0 aliphatic heterocycles. The fourth-order valence-corrected chi connectivity index (χ4v) is 1.26. The molecular weight excluding hydrogens is 237 g/mol. The first kappa shape index (κ1) is 11.6. The van der Waals surface area contributed by atoms with Gasteiger partial charge in [0.25, 0.3) is 5.69 Å². The second-order valence-electron chi connectivity index (χ2n) is 2.66. The van der Waals surface area contributed by atoms with E-state index in [1.165, 1.54) is 0 Å². The third-order valence-corrected chi connectivity index (χ3v) is 1.98. The van der Waals surface area contributed by atoms with Gasteiger partial charge in [-0.25, -0.2) is 0 Å². The van der Waals surface area contributed by atoms with Gasteiger partial charge in [0, 0.05) is 11.8 Å². The van der Waals surface area contributed by atoms with Gasteiger partial charge in [0.15, 0.2) is 0 Å². The Morgan fingerprint density at radius 2 is 1.93 bits per heavy atom. The number of anilines is 1. The summed E-state index contributed by atoms with van der Waals surface area (Å²) in [5.41, 5.74) is 2.57. The molecule has 2 N–H and O–H groups in total. The van der Waals surface area contributed by atoms with Gasteiger partial charge in [-0.3, -0.25) is 10.1 Å². The fraction of sp³-hybridized carbons (Fsp3) is 0.143. The van der Waals surface area contributed by atoms with E-state index in [-0.39, 0.29) is 5.69 Å². The van der Waals surface area contributed by atoms with Crippen LogP contribution in [0.1, 0.15) is 5.56 Å². The monoisotopic (exact) mass is 240 g/mol. The van der Waals surface area contributed by atoms with Crippen molar-refractivity contribution in [1.82, 2.24) is 0 Å². The predicted octanol–water partition coefficient (Wildman–Crippen LogP) is 2.85. The number of rotatable bonds is 1. The van der Waals surface area contributed by atoms with E-state index in [1.807, 2.05) is 0 Å². The number of hydrogen-bond acceptors (Lipinski definition) is 3. The summed E-state index contributed by atoms with van der Waals surface area (Å²) in [6.07, 6.45) is -4.77. The summed E-state index contributed by atoms with van der Waals surface area (Å²) in [5.74, 6) is 0. The summed E-state index contributed by atoms with van der Waals surface area (Å²) in [5, 5.41) is 9.39. The number of alkyl halides is 3. The van der Waals surface area contributed by atoms with Crippen LogP contribution in [0.25, 0.3) is 0 Å². The standard InChI is InChI=1S/C7H4ClF3N2O2/c8-6-4(7(9,10)11)1-3(12)2-5(6)13(14)15/h1-2H,12H2. The second-order valence-corrected chi connectivity index (χ2v) is 3.03. The summed E-state index contributed by atoms with van der Waals surface area (Å²) in [7, 11) is 0. The highest BCUT2D eigenvalue weighted by atomic mass is 35.5. The van der Waals surface area contributed by atoms with E-state index < -0.39 is 27.4 Å². The molecule has 0 spiro atoms. The van der Waals surface area contributed by atoms with E-state index in [0.717, 1.165) is 6.07 Å². The molecule has 4 nitrogen and oxygen atoms in total. The molecule has 82 valence electrons. The van der Waals surface area contributed by atoms with Crippen molar-refractivity contribution in [3.8, 4) is 0 Å². The number of nitro groups is 1. The number of nitro benzene ring substituents is 1. The molecule has 0 aromatic heterocycles. The number of hydrogen-bond donors (Lipinski definition) is 1. The van der Waals surface area contributed by atoms with Crippen molar-refractivity contribution in [3.05, 3.63) is 32.8 Å². The zero-order valence-corrected chi connectivity index (χ0v) is 7.76. The number of nitrogens with zero attached hydrogens (tertiary/aromatic N) is 1. The predicted molar refractivity (Wildman–Crippen MR) is 47.5 cm³/mol. The Morgan fingerprint density at radius 3 is 2.33 bits per heavy atom. The molecule has 0 saturated carbocycles. The first-order chi connectivity index (χ1) is 6.73. The van der Waals surface area contributed by atoms with Crippen molar-refractivity contribution < 1.29 is 18.1 Å². The van der Waals surface area contributed by atoms with Crippen LogP contribution in [0.2, 0.25) is 5.02 Å². The molecule has 0 heterocycles. The highest BCUT2D eigenvalue weighted by molar-refractivity contribution is 6.33. The quantitative estimate of drug-likeness (QED) is 0.466. The molecule has 1 aromatic carbocycles. The molecular formula is C7H4ClF3N2O2. The number of nitrogens with two attached hydrogens (primary N) is 1. The lowest BCUT2D eigenvalue weighted by atomic mass is 10.1. The SMILES string of the molecule is Nc1cc([N+](=O)[O-])c(Cl)c(C(F)(F)F)c1. The molecule has 0 radical (unpaired) electrons. The molecule has 0 unspecified atom stereocenters. The van der Waals surface area contributed by atoms with Gasteiger partial charge in [0.05, 0.1) is 10.5 Å². The van der Waals surface area contributed by atoms with Gasteiger partial charge in [0.1, 0.15) is 5.02 Å². The van der Waals surface area contributed by atoms with Crippen molar-refractivity contribution >= 4 is 23.0 Å². The topological polar surface area (TPSA) is 69.2 Å². The van der Waals surface area contributed by atoms with Crippen LogP contribution < -0.4 is 5.73 Å². The Labute approximate surface area is 86.6 Å². The Kier molecular flexibility index (Phi) is 2.76.